The second kappa shape index (κ2) is 5.78. The van der Waals surface area contributed by atoms with Gasteiger partial charge in [0.05, 0.1) is 0 Å². The Morgan fingerprint density at radius 2 is 2.20 bits per heavy atom. The smallest absolute Gasteiger partial charge is 0.0323 e. The van der Waals surface area contributed by atoms with Crippen LogP contribution in [0, 0.1) is 5.92 Å². The monoisotopic (exact) mass is 243 g/mol. The molecule has 0 saturated heterocycles. The highest BCUT2D eigenvalue weighted by atomic mass is 35.5. The van der Waals surface area contributed by atoms with E-state index in [9.17, 15) is 0 Å². The predicted octanol–water partition coefficient (Wildman–Crippen LogP) is 3.63. The molecule has 0 amide bonds. The molecule has 0 heterocycles. The minimum absolute atomic E-state index is 0. The predicted molar refractivity (Wildman–Crippen MR) is 69.7 cm³/mol. The van der Waals surface area contributed by atoms with E-state index in [-0.39, 0.29) is 18.4 Å². The summed E-state index contributed by atoms with van der Waals surface area (Å²) < 4.78 is 0. The Bertz CT molecular complexity index is 312. The standard InChI is InChI=1S/C12H17NS.ClH/c1-2-14-11-5-3-4-10(8-11)12(13)9-6-7-9;/h3-5,8-9,12H,2,6-7,13H2,1H3;1H. The third kappa shape index (κ3) is 3.40. The molecule has 0 spiro atoms. The van der Waals surface area contributed by atoms with Gasteiger partial charge in [0.1, 0.15) is 0 Å². The number of rotatable bonds is 4. The summed E-state index contributed by atoms with van der Waals surface area (Å²) in [6, 6.07) is 8.96. The molecule has 2 N–H and O–H groups in total. The molecule has 1 aliphatic carbocycles. The molecule has 1 fully saturated rings. The average Bonchev–Trinajstić information content (AvgIpc) is 3.01. The minimum atomic E-state index is 0. The Morgan fingerprint density at radius 3 is 2.80 bits per heavy atom. The fourth-order valence-corrected chi connectivity index (χ4v) is 2.43. The van der Waals surface area contributed by atoms with Gasteiger partial charge in [-0.3, -0.25) is 0 Å². The van der Waals surface area contributed by atoms with E-state index in [1.54, 1.807) is 0 Å². The molecule has 15 heavy (non-hydrogen) atoms. The van der Waals surface area contributed by atoms with E-state index in [1.165, 1.54) is 23.3 Å². The van der Waals surface area contributed by atoms with E-state index in [0.717, 1.165) is 11.7 Å². The molecule has 1 atom stereocenters. The summed E-state index contributed by atoms with van der Waals surface area (Å²) in [7, 11) is 0. The van der Waals surface area contributed by atoms with E-state index in [4.69, 9.17) is 5.73 Å². The van der Waals surface area contributed by atoms with E-state index < -0.39 is 0 Å². The van der Waals surface area contributed by atoms with E-state index in [0.29, 0.717) is 0 Å². The maximum Gasteiger partial charge on any atom is 0.0323 e. The van der Waals surface area contributed by atoms with Crippen molar-refractivity contribution in [1.82, 2.24) is 0 Å². The van der Waals surface area contributed by atoms with Gasteiger partial charge in [0.25, 0.3) is 0 Å². The van der Waals surface area contributed by atoms with Crippen molar-refractivity contribution in [2.24, 2.45) is 11.7 Å². The fourth-order valence-electron chi connectivity index (χ4n) is 1.71. The molecule has 1 aliphatic rings. The Balaban J connectivity index is 0.00000112. The fraction of sp³-hybridized carbons (Fsp3) is 0.500. The summed E-state index contributed by atoms with van der Waals surface area (Å²) >= 11 is 1.88. The van der Waals surface area contributed by atoms with E-state index >= 15 is 0 Å². The summed E-state index contributed by atoms with van der Waals surface area (Å²) in [5, 5.41) is 0. The molecule has 0 aromatic heterocycles. The van der Waals surface area contributed by atoms with Crippen molar-refractivity contribution in [3.05, 3.63) is 29.8 Å². The third-order valence-corrected chi connectivity index (χ3v) is 3.56. The molecule has 1 saturated carbocycles. The zero-order chi connectivity index (χ0) is 9.97. The van der Waals surface area contributed by atoms with Crippen LogP contribution in [0.3, 0.4) is 0 Å². The number of nitrogens with two attached hydrogens (primary N) is 1. The van der Waals surface area contributed by atoms with Gasteiger partial charge in [-0.25, -0.2) is 0 Å². The summed E-state index contributed by atoms with van der Waals surface area (Å²) in [5.41, 5.74) is 7.47. The Hall–Kier alpha value is -0.180. The molecule has 3 heteroatoms. The van der Waals surface area contributed by atoms with Gasteiger partial charge in [0.15, 0.2) is 0 Å². The first kappa shape index (κ1) is 12.9. The second-order valence-electron chi connectivity index (χ2n) is 3.87. The normalized spacial score (nSPS) is 16.9. The zero-order valence-electron chi connectivity index (χ0n) is 8.98. The first-order valence-electron chi connectivity index (χ1n) is 5.29. The lowest BCUT2D eigenvalue weighted by atomic mass is 10.0. The minimum Gasteiger partial charge on any atom is -0.324 e. The van der Waals surface area contributed by atoms with Gasteiger partial charge in [-0.2, -0.15) is 0 Å². The van der Waals surface area contributed by atoms with Gasteiger partial charge in [-0.05, 0) is 42.2 Å². The quantitative estimate of drug-likeness (QED) is 0.818. The summed E-state index contributed by atoms with van der Waals surface area (Å²) in [6.07, 6.45) is 2.62. The largest absolute Gasteiger partial charge is 0.324 e. The highest BCUT2D eigenvalue weighted by Gasteiger charge is 2.29. The van der Waals surface area contributed by atoms with Gasteiger partial charge in [0, 0.05) is 10.9 Å². The van der Waals surface area contributed by atoms with Crippen molar-refractivity contribution in [3.63, 3.8) is 0 Å². The molecule has 84 valence electrons. The molecule has 0 aliphatic heterocycles. The van der Waals surface area contributed by atoms with Crippen molar-refractivity contribution in [2.45, 2.75) is 30.7 Å². The molecule has 0 radical (unpaired) electrons. The summed E-state index contributed by atoms with van der Waals surface area (Å²) in [5.74, 6) is 1.87. The lowest BCUT2D eigenvalue weighted by Crippen LogP contribution is -2.12. The highest BCUT2D eigenvalue weighted by molar-refractivity contribution is 7.99. The maximum absolute atomic E-state index is 6.16. The van der Waals surface area contributed by atoms with Crippen LogP contribution in [0.4, 0.5) is 0 Å². The lowest BCUT2D eigenvalue weighted by molar-refractivity contribution is 0.632. The van der Waals surface area contributed by atoms with Crippen molar-refractivity contribution < 1.29 is 0 Å². The molecule has 1 nitrogen and oxygen atoms in total. The Labute approximate surface area is 102 Å². The molecule has 0 bridgehead atoms. The Morgan fingerprint density at radius 1 is 1.47 bits per heavy atom. The van der Waals surface area contributed by atoms with Gasteiger partial charge >= 0.3 is 0 Å². The van der Waals surface area contributed by atoms with Gasteiger partial charge in [-0.1, -0.05) is 19.1 Å². The molecule has 1 aromatic rings. The molecular weight excluding hydrogens is 226 g/mol. The number of halogens is 1. The molecular formula is C12H18ClNS. The van der Waals surface area contributed by atoms with Gasteiger partial charge < -0.3 is 5.73 Å². The van der Waals surface area contributed by atoms with Crippen LogP contribution in [-0.2, 0) is 0 Å². The van der Waals surface area contributed by atoms with Crippen LogP contribution < -0.4 is 5.73 Å². The average molecular weight is 244 g/mol. The van der Waals surface area contributed by atoms with Gasteiger partial charge in [-0.15, -0.1) is 24.2 Å². The van der Waals surface area contributed by atoms with Crippen LogP contribution >= 0.6 is 24.2 Å². The lowest BCUT2D eigenvalue weighted by Gasteiger charge is -2.11. The number of hydrogen-bond acceptors (Lipinski definition) is 2. The second-order valence-corrected chi connectivity index (χ2v) is 5.21. The van der Waals surface area contributed by atoms with Crippen LogP contribution in [0.5, 0.6) is 0 Å². The number of hydrogen-bond donors (Lipinski definition) is 1. The topological polar surface area (TPSA) is 26.0 Å². The van der Waals surface area contributed by atoms with Crippen LogP contribution in [0.1, 0.15) is 31.4 Å². The van der Waals surface area contributed by atoms with Crippen LogP contribution in [0.2, 0.25) is 0 Å². The van der Waals surface area contributed by atoms with Crippen LogP contribution in [-0.4, -0.2) is 5.75 Å². The van der Waals surface area contributed by atoms with Crippen LogP contribution in [0.25, 0.3) is 0 Å². The Kier molecular flexibility index (Phi) is 4.97. The van der Waals surface area contributed by atoms with Crippen molar-refractivity contribution in [3.8, 4) is 0 Å². The maximum atomic E-state index is 6.16. The number of thioether (sulfide) groups is 1. The molecule has 1 unspecified atom stereocenters. The van der Waals surface area contributed by atoms with Crippen LogP contribution in [0.15, 0.2) is 29.2 Å². The SMILES string of the molecule is CCSc1cccc(C(N)C2CC2)c1.Cl. The van der Waals surface area contributed by atoms with E-state index in [1.807, 2.05) is 11.8 Å². The zero-order valence-corrected chi connectivity index (χ0v) is 10.6. The summed E-state index contributed by atoms with van der Waals surface area (Å²) in [6.45, 7) is 2.18. The van der Waals surface area contributed by atoms with Crippen molar-refractivity contribution in [2.75, 3.05) is 5.75 Å². The first-order valence-corrected chi connectivity index (χ1v) is 6.28. The summed E-state index contributed by atoms with van der Waals surface area (Å²) in [4.78, 5) is 1.35. The first-order chi connectivity index (χ1) is 6.81. The highest BCUT2D eigenvalue weighted by Crippen LogP contribution is 2.39. The molecule has 1 aromatic carbocycles. The van der Waals surface area contributed by atoms with Crippen molar-refractivity contribution >= 4 is 24.2 Å². The van der Waals surface area contributed by atoms with Crippen molar-refractivity contribution in [1.29, 1.82) is 0 Å². The van der Waals surface area contributed by atoms with Gasteiger partial charge in [0.2, 0.25) is 0 Å². The third-order valence-electron chi connectivity index (χ3n) is 2.68. The van der Waals surface area contributed by atoms with E-state index in [2.05, 4.69) is 31.2 Å². The molecule has 2 rings (SSSR count). The number of benzene rings is 1.